The van der Waals surface area contributed by atoms with Crippen LogP contribution in [0.1, 0.15) is 42.0 Å². The minimum atomic E-state index is -0.530. The summed E-state index contributed by atoms with van der Waals surface area (Å²) in [4.78, 5) is 15.0. The van der Waals surface area contributed by atoms with E-state index in [4.69, 9.17) is 4.74 Å². The first kappa shape index (κ1) is 19.4. The molecule has 1 N–H and O–H groups in total. The lowest BCUT2D eigenvalue weighted by Crippen LogP contribution is -2.36. The van der Waals surface area contributed by atoms with Gasteiger partial charge in [0.05, 0.1) is 0 Å². The third-order valence-corrected chi connectivity index (χ3v) is 5.17. The van der Waals surface area contributed by atoms with Gasteiger partial charge in [-0.2, -0.15) is 0 Å². The van der Waals surface area contributed by atoms with Gasteiger partial charge >= 0.3 is 0 Å². The Kier molecular flexibility index (Phi) is 6.51. The number of nitrogens with one attached hydrogen (secondary N) is 1. The molecule has 1 fully saturated rings. The maximum Gasteiger partial charge on any atom is 0.261 e. The van der Waals surface area contributed by atoms with E-state index in [1.54, 1.807) is 6.92 Å². The van der Waals surface area contributed by atoms with Crippen LogP contribution in [0.25, 0.3) is 0 Å². The van der Waals surface area contributed by atoms with Crippen molar-refractivity contribution in [2.45, 2.75) is 52.8 Å². The predicted octanol–water partition coefficient (Wildman–Crippen LogP) is 3.98. The molecule has 0 bridgehead atoms. The summed E-state index contributed by atoms with van der Waals surface area (Å²) < 4.78 is 5.87. The number of benzene rings is 2. The van der Waals surface area contributed by atoms with Crippen molar-refractivity contribution in [3.8, 4) is 5.75 Å². The number of amides is 1. The van der Waals surface area contributed by atoms with Crippen molar-refractivity contribution in [3.63, 3.8) is 0 Å². The van der Waals surface area contributed by atoms with E-state index in [-0.39, 0.29) is 5.91 Å². The number of carbonyl (C=O) groups is 1. The van der Waals surface area contributed by atoms with E-state index in [9.17, 15) is 4.79 Å². The first-order chi connectivity index (χ1) is 13.0. The Morgan fingerprint density at radius 2 is 1.81 bits per heavy atom. The predicted molar refractivity (Wildman–Crippen MR) is 109 cm³/mol. The summed E-state index contributed by atoms with van der Waals surface area (Å²) >= 11 is 0. The molecule has 0 saturated carbocycles. The van der Waals surface area contributed by atoms with Gasteiger partial charge in [-0.15, -0.1) is 0 Å². The van der Waals surface area contributed by atoms with Crippen LogP contribution in [0.2, 0.25) is 0 Å². The lowest BCUT2D eigenvalue weighted by Gasteiger charge is -2.19. The summed E-state index contributed by atoms with van der Waals surface area (Å²) in [7, 11) is 0. The third-order valence-electron chi connectivity index (χ3n) is 5.17. The highest BCUT2D eigenvalue weighted by atomic mass is 16.5. The second-order valence-electron chi connectivity index (χ2n) is 7.50. The van der Waals surface area contributed by atoms with Crippen LogP contribution in [-0.2, 0) is 17.9 Å². The smallest absolute Gasteiger partial charge is 0.261 e. The van der Waals surface area contributed by atoms with Gasteiger partial charge in [0.2, 0.25) is 0 Å². The normalized spacial score (nSPS) is 15.5. The highest BCUT2D eigenvalue weighted by Crippen LogP contribution is 2.20. The number of rotatable bonds is 7. The Balaban J connectivity index is 1.56. The zero-order valence-electron chi connectivity index (χ0n) is 16.6. The summed E-state index contributed by atoms with van der Waals surface area (Å²) in [6, 6.07) is 14.4. The van der Waals surface area contributed by atoms with E-state index in [1.807, 2.05) is 32.0 Å². The van der Waals surface area contributed by atoms with Crippen molar-refractivity contribution >= 4 is 5.91 Å². The molecule has 1 aliphatic heterocycles. The largest absolute Gasteiger partial charge is 0.481 e. The van der Waals surface area contributed by atoms with Crippen molar-refractivity contribution in [2.24, 2.45) is 0 Å². The molecule has 0 aliphatic carbocycles. The summed E-state index contributed by atoms with van der Waals surface area (Å²) in [5.41, 5.74) is 4.70. The van der Waals surface area contributed by atoms with Gasteiger partial charge in [-0.1, -0.05) is 42.0 Å². The second-order valence-corrected chi connectivity index (χ2v) is 7.50. The van der Waals surface area contributed by atoms with Gasteiger partial charge in [0.15, 0.2) is 6.10 Å². The van der Waals surface area contributed by atoms with Crippen molar-refractivity contribution in [1.82, 2.24) is 10.2 Å². The fraction of sp³-hybridized carbons (Fsp3) is 0.435. The van der Waals surface area contributed by atoms with Crippen LogP contribution in [0.3, 0.4) is 0 Å². The molecule has 0 spiro atoms. The van der Waals surface area contributed by atoms with Crippen molar-refractivity contribution < 1.29 is 9.53 Å². The molecule has 1 saturated heterocycles. The van der Waals surface area contributed by atoms with Gasteiger partial charge in [0.1, 0.15) is 5.75 Å². The molecule has 2 aromatic carbocycles. The maximum atomic E-state index is 12.5. The summed E-state index contributed by atoms with van der Waals surface area (Å²) in [5, 5.41) is 3.03. The molecule has 2 aromatic rings. The Hall–Kier alpha value is -2.33. The van der Waals surface area contributed by atoms with E-state index in [2.05, 4.69) is 34.5 Å². The van der Waals surface area contributed by atoms with Crippen LogP contribution in [-0.4, -0.2) is 30.0 Å². The highest BCUT2D eigenvalue weighted by Gasteiger charge is 2.17. The average Bonchev–Trinajstić information content (AvgIpc) is 3.16. The molecular formula is C23H30N2O2. The Morgan fingerprint density at radius 1 is 1.11 bits per heavy atom. The number of aryl methyl sites for hydroxylation is 2. The minimum Gasteiger partial charge on any atom is -0.481 e. The fourth-order valence-corrected chi connectivity index (χ4v) is 3.57. The van der Waals surface area contributed by atoms with E-state index in [1.165, 1.54) is 42.6 Å². The Bertz CT molecular complexity index is 782. The number of hydrogen-bond donors (Lipinski definition) is 1. The molecule has 4 heteroatoms. The van der Waals surface area contributed by atoms with Gasteiger partial charge in [0.25, 0.3) is 5.91 Å². The average molecular weight is 367 g/mol. The van der Waals surface area contributed by atoms with Crippen LogP contribution in [0.5, 0.6) is 5.75 Å². The molecule has 1 heterocycles. The minimum absolute atomic E-state index is 0.0917. The molecule has 0 aromatic heterocycles. The van der Waals surface area contributed by atoms with E-state index in [0.29, 0.717) is 6.54 Å². The van der Waals surface area contributed by atoms with E-state index < -0.39 is 6.10 Å². The zero-order valence-corrected chi connectivity index (χ0v) is 16.6. The lowest BCUT2D eigenvalue weighted by atomic mass is 10.1. The first-order valence-electron chi connectivity index (χ1n) is 9.83. The molecule has 1 aliphatic rings. The first-order valence-corrected chi connectivity index (χ1v) is 9.83. The fourth-order valence-electron chi connectivity index (χ4n) is 3.57. The quantitative estimate of drug-likeness (QED) is 0.806. The SMILES string of the molecule is Cc1ccc(O[C@@H](C)C(=O)NCc2ccccc2CN2CCCC2)c(C)c1. The van der Waals surface area contributed by atoms with Crippen molar-refractivity contribution in [2.75, 3.05) is 13.1 Å². The molecule has 144 valence electrons. The number of hydrogen-bond acceptors (Lipinski definition) is 3. The second kappa shape index (κ2) is 9.05. The number of nitrogens with zero attached hydrogens (tertiary/aromatic N) is 1. The maximum absolute atomic E-state index is 12.5. The van der Waals surface area contributed by atoms with Crippen LogP contribution in [0.15, 0.2) is 42.5 Å². The van der Waals surface area contributed by atoms with Crippen LogP contribution in [0.4, 0.5) is 0 Å². The molecular weight excluding hydrogens is 336 g/mol. The molecule has 4 nitrogen and oxygen atoms in total. The zero-order chi connectivity index (χ0) is 19.2. The van der Waals surface area contributed by atoms with Gasteiger partial charge in [0, 0.05) is 13.1 Å². The van der Waals surface area contributed by atoms with E-state index >= 15 is 0 Å². The lowest BCUT2D eigenvalue weighted by molar-refractivity contribution is -0.127. The summed E-state index contributed by atoms with van der Waals surface area (Å²) in [5.74, 6) is 0.670. The van der Waals surface area contributed by atoms with E-state index in [0.717, 1.165) is 17.9 Å². The molecule has 3 rings (SSSR count). The summed E-state index contributed by atoms with van der Waals surface area (Å²) in [6.45, 7) is 9.67. The molecule has 27 heavy (non-hydrogen) atoms. The molecule has 0 radical (unpaired) electrons. The van der Waals surface area contributed by atoms with Gasteiger partial charge in [-0.25, -0.2) is 0 Å². The van der Waals surface area contributed by atoms with Crippen LogP contribution in [0, 0.1) is 13.8 Å². The standard InChI is InChI=1S/C23H30N2O2/c1-17-10-11-22(18(2)14-17)27-19(3)23(26)24-15-20-8-4-5-9-21(20)16-25-12-6-7-13-25/h4-5,8-11,14,19H,6-7,12-13,15-16H2,1-3H3,(H,24,26)/t19-/m0/s1. The monoisotopic (exact) mass is 366 g/mol. The number of ether oxygens (including phenoxy) is 1. The van der Waals surface area contributed by atoms with Gasteiger partial charge in [-0.05, 0) is 69.5 Å². The highest BCUT2D eigenvalue weighted by molar-refractivity contribution is 5.80. The molecule has 1 atom stereocenters. The molecule has 1 amide bonds. The molecule has 0 unspecified atom stereocenters. The third kappa shape index (κ3) is 5.33. The Morgan fingerprint density at radius 3 is 2.52 bits per heavy atom. The van der Waals surface area contributed by atoms with Crippen molar-refractivity contribution in [1.29, 1.82) is 0 Å². The summed E-state index contributed by atoms with van der Waals surface area (Å²) in [6.07, 6.45) is 2.04. The topological polar surface area (TPSA) is 41.6 Å². The Labute approximate surface area is 162 Å². The van der Waals surface area contributed by atoms with Gasteiger partial charge in [-0.3, -0.25) is 9.69 Å². The number of carbonyl (C=O) groups excluding carboxylic acids is 1. The number of likely N-dealkylation sites (tertiary alicyclic amines) is 1. The van der Waals surface area contributed by atoms with Crippen LogP contribution >= 0.6 is 0 Å². The van der Waals surface area contributed by atoms with Gasteiger partial charge < -0.3 is 10.1 Å². The van der Waals surface area contributed by atoms with Crippen molar-refractivity contribution in [3.05, 3.63) is 64.7 Å². The van der Waals surface area contributed by atoms with Crippen LogP contribution < -0.4 is 10.1 Å².